The van der Waals surface area contributed by atoms with E-state index < -0.39 is 0 Å². The third-order valence-corrected chi connectivity index (χ3v) is 5.30. The summed E-state index contributed by atoms with van der Waals surface area (Å²) in [6.07, 6.45) is 0.803. The van der Waals surface area contributed by atoms with E-state index in [1.165, 1.54) is 23.1 Å². The predicted molar refractivity (Wildman–Crippen MR) is 101 cm³/mol. The van der Waals surface area contributed by atoms with E-state index in [0.717, 1.165) is 22.7 Å². The number of rotatable bonds is 6. The molecular formula is C16H14ClN5OS2. The molecule has 0 fully saturated rings. The molecule has 0 spiro atoms. The number of aryl methyl sites for hydroxylation is 1. The highest BCUT2D eigenvalue weighted by atomic mass is 35.5. The van der Waals surface area contributed by atoms with Crippen molar-refractivity contribution in [2.75, 3.05) is 11.1 Å². The normalized spacial score (nSPS) is 10.6. The molecule has 0 saturated carbocycles. The highest BCUT2D eigenvalue weighted by Crippen LogP contribution is 2.22. The molecule has 128 valence electrons. The van der Waals surface area contributed by atoms with Crippen molar-refractivity contribution in [1.82, 2.24) is 20.4 Å². The van der Waals surface area contributed by atoms with E-state index in [9.17, 15) is 4.79 Å². The molecule has 1 N–H and O–H groups in total. The molecule has 0 aliphatic carbocycles. The summed E-state index contributed by atoms with van der Waals surface area (Å²) in [4.78, 5) is 11.9. The van der Waals surface area contributed by atoms with E-state index in [-0.39, 0.29) is 11.7 Å². The smallest absolute Gasteiger partial charge is 0.236 e. The Morgan fingerprint density at radius 3 is 2.56 bits per heavy atom. The van der Waals surface area contributed by atoms with Gasteiger partial charge in [-0.25, -0.2) is 0 Å². The lowest BCUT2D eigenvalue weighted by Crippen LogP contribution is -2.14. The molecule has 1 amide bonds. The minimum absolute atomic E-state index is 0.146. The lowest BCUT2D eigenvalue weighted by molar-refractivity contribution is -0.113. The Morgan fingerprint density at radius 1 is 1.12 bits per heavy atom. The van der Waals surface area contributed by atoms with Crippen molar-refractivity contribution >= 4 is 45.7 Å². The summed E-state index contributed by atoms with van der Waals surface area (Å²) in [5.74, 6) is 0.0862. The van der Waals surface area contributed by atoms with Crippen LogP contribution in [0, 0.1) is 0 Å². The lowest BCUT2D eigenvalue weighted by atomic mass is 10.1. The first-order valence-corrected chi connectivity index (χ1v) is 9.66. The summed E-state index contributed by atoms with van der Waals surface area (Å²) < 4.78 is 0. The zero-order valence-corrected chi connectivity index (χ0v) is 15.7. The summed E-state index contributed by atoms with van der Waals surface area (Å²) in [7, 11) is 0. The number of carbonyl (C=O) groups excluding carboxylic acids is 1. The maximum atomic E-state index is 11.9. The molecular weight excluding hydrogens is 378 g/mol. The number of hydrogen-bond donors (Lipinski definition) is 1. The van der Waals surface area contributed by atoms with Crippen molar-refractivity contribution in [1.29, 1.82) is 0 Å². The lowest BCUT2D eigenvalue weighted by Gasteiger charge is -2.03. The van der Waals surface area contributed by atoms with Crippen LogP contribution < -0.4 is 5.32 Å². The maximum Gasteiger partial charge on any atom is 0.236 e. The molecule has 9 heteroatoms. The first-order chi connectivity index (χ1) is 12.1. The van der Waals surface area contributed by atoms with Crippen LogP contribution in [0.25, 0.3) is 11.3 Å². The van der Waals surface area contributed by atoms with Crippen molar-refractivity contribution in [2.45, 2.75) is 18.4 Å². The molecule has 0 unspecified atom stereocenters. The van der Waals surface area contributed by atoms with Gasteiger partial charge in [0.1, 0.15) is 10.0 Å². The first-order valence-electron chi connectivity index (χ1n) is 7.48. The Morgan fingerprint density at radius 2 is 1.92 bits per heavy atom. The van der Waals surface area contributed by atoms with Crippen LogP contribution in [0.5, 0.6) is 0 Å². The topological polar surface area (TPSA) is 80.7 Å². The van der Waals surface area contributed by atoms with Crippen LogP contribution in [-0.4, -0.2) is 32.1 Å². The fourth-order valence-electron chi connectivity index (χ4n) is 1.91. The van der Waals surface area contributed by atoms with Gasteiger partial charge in [-0.05, 0) is 30.7 Å². The van der Waals surface area contributed by atoms with Crippen molar-refractivity contribution in [3.05, 3.63) is 46.4 Å². The molecule has 1 aromatic carbocycles. The quantitative estimate of drug-likeness (QED) is 0.641. The third kappa shape index (κ3) is 4.97. The van der Waals surface area contributed by atoms with Crippen LogP contribution in [0.1, 0.15) is 11.9 Å². The second-order valence-electron chi connectivity index (χ2n) is 4.96. The molecule has 2 heterocycles. The Hall–Kier alpha value is -2.03. The molecule has 3 aromatic rings. The van der Waals surface area contributed by atoms with Crippen molar-refractivity contribution < 1.29 is 4.79 Å². The number of benzene rings is 1. The predicted octanol–water partition coefficient (Wildman–Crippen LogP) is 3.94. The first kappa shape index (κ1) is 17.8. The number of amides is 1. The SMILES string of the molecule is CCc1nnc(NC(=O)CSc2ccc(-c3ccc(Cl)cc3)nn2)s1. The number of halogens is 1. The fraction of sp³-hybridized carbons (Fsp3) is 0.188. The van der Waals surface area contributed by atoms with E-state index in [1.54, 1.807) is 0 Å². The Balaban J connectivity index is 1.54. The van der Waals surface area contributed by atoms with Gasteiger partial charge >= 0.3 is 0 Å². The molecule has 0 aliphatic heterocycles. The Kier molecular flexibility index (Phi) is 5.95. The molecule has 3 rings (SSSR count). The largest absolute Gasteiger partial charge is 0.300 e. The molecule has 2 aromatic heterocycles. The number of aromatic nitrogens is 4. The average Bonchev–Trinajstić information content (AvgIpc) is 3.09. The van der Waals surface area contributed by atoms with Gasteiger partial charge in [0.25, 0.3) is 0 Å². The van der Waals surface area contributed by atoms with E-state index in [1.807, 2.05) is 43.3 Å². The van der Waals surface area contributed by atoms with Crippen molar-refractivity contribution in [3.8, 4) is 11.3 Å². The highest BCUT2D eigenvalue weighted by Gasteiger charge is 2.09. The second kappa shape index (κ2) is 8.37. The third-order valence-electron chi connectivity index (χ3n) is 3.15. The molecule has 25 heavy (non-hydrogen) atoms. The summed E-state index contributed by atoms with van der Waals surface area (Å²) in [5.41, 5.74) is 1.70. The number of nitrogens with zero attached hydrogens (tertiary/aromatic N) is 4. The molecule has 0 aliphatic rings. The monoisotopic (exact) mass is 391 g/mol. The fourth-order valence-corrected chi connectivity index (χ4v) is 3.35. The average molecular weight is 392 g/mol. The van der Waals surface area contributed by atoms with Gasteiger partial charge < -0.3 is 0 Å². The zero-order chi connectivity index (χ0) is 17.6. The Labute approximate surface area is 158 Å². The highest BCUT2D eigenvalue weighted by molar-refractivity contribution is 7.99. The summed E-state index contributed by atoms with van der Waals surface area (Å²) in [6.45, 7) is 1.99. The number of carbonyl (C=O) groups is 1. The Bertz CT molecular complexity index is 852. The van der Waals surface area contributed by atoms with Crippen molar-refractivity contribution in [2.24, 2.45) is 0 Å². The van der Waals surface area contributed by atoms with Gasteiger partial charge in [-0.1, -0.05) is 53.8 Å². The van der Waals surface area contributed by atoms with Crippen molar-refractivity contribution in [3.63, 3.8) is 0 Å². The van der Waals surface area contributed by atoms with Crippen LogP contribution >= 0.6 is 34.7 Å². The van der Waals surface area contributed by atoms with Gasteiger partial charge in [-0.3, -0.25) is 10.1 Å². The van der Waals surface area contributed by atoms with Crippen LogP contribution in [0.2, 0.25) is 5.02 Å². The van der Waals surface area contributed by atoms with Crippen LogP contribution in [-0.2, 0) is 11.2 Å². The van der Waals surface area contributed by atoms with Gasteiger partial charge in [-0.15, -0.1) is 20.4 Å². The summed E-state index contributed by atoms with van der Waals surface area (Å²) >= 11 is 8.58. The zero-order valence-electron chi connectivity index (χ0n) is 13.3. The summed E-state index contributed by atoms with van der Waals surface area (Å²) in [6, 6.07) is 11.1. The van der Waals surface area contributed by atoms with E-state index in [2.05, 4.69) is 25.7 Å². The van der Waals surface area contributed by atoms with Gasteiger partial charge in [0, 0.05) is 10.6 Å². The maximum absolute atomic E-state index is 11.9. The van der Waals surface area contributed by atoms with Gasteiger partial charge in [0.15, 0.2) is 0 Å². The molecule has 0 radical (unpaired) electrons. The van der Waals surface area contributed by atoms with Gasteiger partial charge in [0.2, 0.25) is 11.0 Å². The van der Waals surface area contributed by atoms with Gasteiger partial charge in [-0.2, -0.15) is 0 Å². The van der Waals surface area contributed by atoms with E-state index >= 15 is 0 Å². The molecule has 0 bridgehead atoms. The molecule has 6 nitrogen and oxygen atoms in total. The summed E-state index contributed by atoms with van der Waals surface area (Å²) in [5, 5.41) is 21.7. The molecule has 0 saturated heterocycles. The van der Waals surface area contributed by atoms with Crippen LogP contribution in [0.15, 0.2) is 41.4 Å². The van der Waals surface area contributed by atoms with E-state index in [4.69, 9.17) is 11.6 Å². The van der Waals surface area contributed by atoms with E-state index in [0.29, 0.717) is 15.2 Å². The number of thioether (sulfide) groups is 1. The number of hydrogen-bond acceptors (Lipinski definition) is 7. The van der Waals surface area contributed by atoms with Crippen LogP contribution in [0.3, 0.4) is 0 Å². The van der Waals surface area contributed by atoms with Crippen LogP contribution in [0.4, 0.5) is 5.13 Å². The standard InChI is InChI=1S/C16H14ClN5OS2/c1-2-14-20-22-16(25-14)18-13(23)9-24-15-8-7-12(19-21-15)10-3-5-11(17)6-4-10/h3-8H,2,9H2,1H3,(H,18,22,23). The number of nitrogens with one attached hydrogen (secondary N) is 1. The number of anilines is 1. The van der Waals surface area contributed by atoms with Gasteiger partial charge in [0.05, 0.1) is 11.4 Å². The second-order valence-corrected chi connectivity index (χ2v) is 7.45. The minimum Gasteiger partial charge on any atom is -0.300 e. The molecule has 0 atom stereocenters. The minimum atomic E-state index is -0.146.